The molecule has 4 heterocycles. The molecule has 3 saturated heterocycles. The zero-order chi connectivity index (χ0) is 22.4. The Morgan fingerprint density at radius 2 is 1.94 bits per heavy atom. The molecule has 0 bridgehead atoms. The Labute approximate surface area is 196 Å². The number of carbonyl (C=O) groups is 1. The number of fused-ring (bicyclic) bond motifs is 4. The molecule has 5 aliphatic rings. The molecule has 0 spiro atoms. The Kier molecular flexibility index (Phi) is 5.75. The van der Waals surface area contributed by atoms with E-state index in [4.69, 9.17) is 4.98 Å². The number of pyridine rings is 1. The molecule has 0 aromatic carbocycles. The summed E-state index contributed by atoms with van der Waals surface area (Å²) in [5.41, 5.74) is 3.33. The Morgan fingerprint density at radius 1 is 1.09 bits per heavy atom. The third-order valence-electron chi connectivity index (χ3n) is 9.08. The molecule has 1 amide bonds. The maximum atomic E-state index is 12.7. The van der Waals surface area contributed by atoms with Crippen LogP contribution >= 0.6 is 0 Å². The smallest absolute Gasteiger partial charge is 0.224 e. The average molecular weight is 449 g/mol. The summed E-state index contributed by atoms with van der Waals surface area (Å²) >= 11 is 0. The number of hydrogen-bond donors (Lipinski definition) is 2. The molecule has 5 atom stereocenters. The summed E-state index contributed by atoms with van der Waals surface area (Å²) in [4.78, 5) is 22.5. The third-order valence-corrected chi connectivity index (χ3v) is 9.08. The van der Waals surface area contributed by atoms with E-state index in [9.17, 15) is 10.1 Å². The number of nitriles is 1. The summed E-state index contributed by atoms with van der Waals surface area (Å²) < 4.78 is 0. The van der Waals surface area contributed by atoms with E-state index in [2.05, 4.69) is 26.5 Å². The highest BCUT2D eigenvalue weighted by atomic mass is 16.2. The lowest BCUT2D eigenvalue weighted by molar-refractivity contribution is -0.133. The normalized spacial score (nSPS) is 34.1. The second kappa shape index (κ2) is 8.88. The highest BCUT2D eigenvalue weighted by Gasteiger charge is 2.47. The highest BCUT2D eigenvalue weighted by molar-refractivity contribution is 5.81. The van der Waals surface area contributed by atoms with Crippen LogP contribution in [-0.2, 0) is 17.6 Å². The standard InChI is InChI=1S/C26H36N6O/c27-14-18-15-29-25(20-4-1-3-19(18)20)32-11-9-31(10-12-32)16-17-6-7-21-23(13-17)30-26(33)22-5-2-8-28-24(21)22/h15,17,21-24,28H,1-13,16H2,(H,30,33). The van der Waals surface area contributed by atoms with Crippen LogP contribution in [0.5, 0.6) is 0 Å². The second-order valence-electron chi connectivity index (χ2n) is 10.9. The van der Waals surface area contributed by atoms with Crippen molar-refractivity contribution < 1.29 is 4.79 Å². The van der Waals surface area contributed by atoms with E-state index in [0.717, 1.165) is 89.2 Å². The van der Waals surface area contributed by atoms with Crippen LogP contribution in [0.3, 0.4) is 0 Å². The van der Waals surface area contributed by atoms with Crippen LogP contribution in [0, 0.1) is 29.1 Å². The molecule has 7 nitrogen and oxygen atoms in total. The molecule has 2 N–H and O–H groups in total. The molecule has 6 rings (SSSR count). The van der Waals surface area contributed by atoms with E-state index in [1.807, 2.05) is 0 Å². The molecule has 176 valence electrons. The van der Waals surface area contributed by atoms with E-state index < -0.39 is 0 Å². The van der Waals surface area contributed by atoms with Gasteiger partial charge in [-0.3, -0.25) is 9.69 Å². The van der Waals surface area contributed by atoms with E-state index in [1.54, 1.807) is 6.20 Å². The van der Waals surface area contributed by atoms with Gasteiger partial charge in [-0.25, -0.2) is 4.98 Å². The molecule has 3 aliphatic heterocycles. The molecule has 1 aromatic heterocycles. The largest absolute Gasteiger partial charge is 0.354 e. The summed E-state index contributed by atoms with van der Waals surface area (Å²) in [5, 5.41) is 16.5. The molecular formula is C26H36N6O. The monoisotopic (exact) mass is 448 g/mol. The molecule has 7 heteroatoms. The SMILES string of the molecule is N#Cc1cnc(N2CCN(CC3CCC4C(C3)NC(=O)C3CCCNC34)CC2)c2c1CCC2. The van der Waals surface area contributed by atoms with Crippen molar-refractivity contribution in [2.24, 2.45) is 17.8 Å². The van der Waals surface area contributed by atoms with Gasteiger partial charge in [0.05, 0.1) is 11.5 Å². The van der Waals surface area contributed by atoms with Crippen molar-refractivity contribution in [2.75, 3.05) is 44.2 Å². The van der Waals surface area contributed by atoms with Gasteiger partial charge < -0.3 is 15.5 Å². The van der Waals surface area contributed by atoms with Gasteiger partial charge in [0.2, 0.25) is 5.91 Å². The van der Waals surface area contributed by atoms with Crippen LogP contribution in [0.25, 0.3) is 0 Å². The molecule has 0 radical (unpaired) electrons. The first-order chi connectivity index (χ1) is 16.2. The number of aromatic nitrogens is 1. The molecule has 1 saturated carbocycles. The van der Waals surface area contributed by atoms with Gasteiger partial charge in [-0.2, -0.15) is 5.26 Å². The lowest BCUT2D eigenvalue weighted by Gasteiger charge is -2.50. The second-order valence-corrected chi connectivity index (χ2v) is 10.9. The van der Waals surface area contributed by atoms with Crippen LogP contribution in [0.1, 0.15) is 55.2 Å². The summed E-state index contributed by atoms with van der Waals surface area (Å²) in [6, 6.07) is 3.09. The number of nitrogens with one attached hydrogen (secondary N) is 2. The minimum atomic E-state index is 0.196. The van der Waals surface area contributed by atoms with Crippen molar-refractivity contribution >= 4 is 11.7 Å². The quantitative estimate of drug-likeness (QED) is 0.734. The fourth-order valence-corrected chi connectivity index (χ4v) is 7.43. The number of carbonyl (C=O) groups excluding carboxylic acids is 1. The van der Waals surface area contributed by atoms with Gasteiger partial charge in [-0.05, 0) is 80.9 Å². The zero-order valence-electron chi connectivity index (χ0n) is 19.6. The minimum absolute atomic E-state index is 0.196. The molecule has 2 aliphatic carbocycles. The van der Waals surface area contributed by atoms with Crippen molar-refractivity contribution in [1.29, 1.82) is 5.26 Å². The predicted octanol–water partition coefficient (Wildman–Crippen LogP) is 1.85. The number of rotatable bonds is 3. The van der Waals surface area contributed by atoms with Crippen LogP contribution in [0.15, 0.2) is 6.20 Å². The van der Waals surface area contributed by atoms with E-state index >= 15 is 0 Å². The summed E-state index contributed by atoms with van der Waals surface area (Å²) in [6.45, 7) is 6.37. The van der Waals surface area contributed by atoms with Crippen molar-refractivity contribution in [2.45, 2.75) is 63.5 Å². The number of piperidine rings is 2. The van der Waals surface area contributed by atoms with Crippen molar-refractivity contribution in [3.05, 3.63) is 22.9 Å². The van der Waals surface area contributed by atoms with Crippen LogP contribution < -0.4 is 15.5 Å². The lowest BCUT2D eigenvalue weighted by Crippen LogP contribution is -2.64. The van der Waals surface area contributed by atoms with Gasteiger partial charge in [-0.15, -0.1) is 0 Å². The first-order valence-electron chi connectivity index (χ1n) is 13.1. The minimum Gasteiger partial charge on any atom is -0.354 e. The van der Waals surface area contributed by atoms with E-state index in [1.165, 1.54) is 24.0 Å². The van der Waals surface area contributed by atoms with Gasteiger partial charge in [-0.1, -0.05) is 0 Å². The maximum Gasteiger partial charge on any atom is 0.224 e. The first kappa shape index (κ1) is 21.4. The topological polar surface area (TPSA) is 84.3 Å². The Morgan fingerprint density at radius 3 is 2.79 bits per heavy atom. The number of nitrogens with zero attached hydrogens (tertiary/aromatic N) is 4. The summed E-state index contributed by atoms with van der Waals surface area (Å²) in [7, 11) is 0. The summed E-state index contributed by atoms with van der Waals surface area (Å²) in [5.74, 6) is 2.91. The number of hydrogen-bond acceptors (Lipinski definition) is 6. The molecule has 4 fully saturated rings. The Balaban J connectivity index is 1.05. The van der Waals surface area contributed by atoms with Gasteiger partial charge in [0.15, 0.2) is 0 Å². The summed E-state index contributed by atoms with van der Waals surface area (Å²) in [6.07, 6.45) is 10.8. The van der Waals surface area contributed by atoms with Crippen molar-refractivity contribution in [1.82, 2.24) is 20.5 Å². The zero-order valence-corrected chi connectivity index (χ0v) is 19.6. The maximum absolute atomic E-state index is 12.7. The third kappa shape index (κ3) is 3.91. The van der Waals surface area contributed by atoms with Gasteiger partial charge in [0.1, 0.15) is 11.9 Å². The Hall–Kier alpha value is -2.17. The molecule has 5 unspecified atom stereocenters. The van der Waals surface area contributed by atoms with Gasteiger partial charge >= 0.3 is 0 Å². The van der Waals surface area contributed by atoms with Crippen molar-refractivity contribution in [3.8, 4) is 6.07 Å². The number of piperazine rings is 1. The average Bonchev–Trinajstić information content (AvgIpc) is 3.34. The molecule has 33 heavy (non-hydrogen) atoms. The predicted molar refractivity (Wildman–Crippen MR) is 127 cm³/mol. The Bertz CT molecular complexity index is 949. The first-order valence-corrected chi connectivity index (χ1v) is 13.1. The molecule has 1 aromatic rings. The molecular weight excluding hydrogens is 412 g/mol. The van der Waals surface area contributed by atoms with Crippen molar-refractivity contribution in [3.63, 3.8) is 0 Å². The fourth-order valence-electron chi connectivity index (χ4n) is 7.43. The van der Waals surface area contributed by atoms with Gasteiger partial charge in [0, 0.05) is 51.0 Å². The van der Waals surface area contributed by atoms with E-state index in [0.29, 0.717) is 29.8 Å². The van der Waals surface area contributed by atoms with Gasteiger partial charge in [0.25, 0.3) is 0 Å². The number of anilines is 1. The van der Waals surface area contributed by atoms with Crippen LogP contribution in [0.2, 0.25) is 0 Å². The van der Waals surface area contributed by atoms with E-state index in [-0.39, 0.29) is 5.92 Å². The van der Waals surface area contributed by atoms with Crippen LogP contribution in [0.4, 0.5) is 5.82 Å². The van der Waals surface area contributed by atoms with Crippen LogP contribution in [-0.4, -0.2) is 67.1 Å². The number of amides is 1. The fraction of sp³-hybridized carbons (Fsp3) is 0.731. The highest BCUT2D eigenvalue weighted by Crippen LogP contribution is 2.39. The lowest BCUT2D eigenvalue weighted by atomic mass is 9.67.